The zero-order valence-electron chi connectivity index (χ0n) is 14.7. The van der Waals surface area contributed by atoms with Crippen molar-refractivity contribution in [1.82, 2.24) is 0 Å². The van der Waals surface area contributed by atoms with E-state index in [1.54, 1.807) is 14.2 Å². The van der Waals surface area contributed by atoms with Gasteiger partial charge in [0.15, 0.2) is 18.0 Å². The highest BCUT2D eigenvalue weighted by Gasteiger charge is 2.15. The number of hydrogen-bond acceptors (Lipinski definition) is 3. The van der Waals surface area contributed by atoms with Gasteiger partial charge < -0.3 is 19.7 Å². The van der Waals surface area contributed by atoms with E-state index >= 15 is 0 Å². The average molecular weight is 329 g/mol. The van der Waals surface area contributed by atoms with E-state index in [0.717, 1.165) is 34.0 Å². The van der Waals surface area contributed by atoms with Crippen LogP contribution in [0, 0.1) is 6.92 Å². The Morgan fingerprint density at radius 2 is 1.71 bits per heavy atom. The van der Waals surface area contributed by atoms with Crippen molar-refractivity contribution in [3.8, 4) is 11.5 Å². The molecule has 2 aromatic carbocycles. The zero-order valence-corrected chi connectivity index (χ0v) is 14.7. The highest BCUT2D eigenvalue weighted by atomic mass is 16.5. The number of ether oxygens (including phenoxy) is 2. The normalized spacial score (nSPS) is 11.7. The standard InChI is InChI=1S/C19H24N2O3/c1-14-10-17(23-3)18(24-4)11-15(14)12-21(2)13-19(22)20-16-8-6-5-7-9-16/h5-11H,12-13H2,1-4H3,(H,20,22)/p+1. The zero-order chi connectivity index (χ0) is 17.5. The summed E-state index contributed by atoms with van der Waals surface area (Å²) in [5.41, 5.74) is 3.07. The Balaban J connectivity index is 1.99. The van der Waals surface area contributed by atoms with Crippen LogP contribution < -0.4 is 19.7 Å². The van der Waals surface area contributed by atoms with Crippen molar-refractivity contribution >= 4 is 11.6 Å². The summed E-state index contributed by atoms with van der Waals surface area (Å²) in [6, 6.07) is 13.4. The highest BCUT2D eigenvalue weighted by molar-refractivity contribution is 5.91. The fraction of sp³-hybridized carbons (Fsp3) is 0.316. The van der Waals surface area contributed by atoms with E-state index in [2.05, 4.69) is 5.32 Å². The number of amides is 1. The van der Waals surface area contributed by atoms with Crippen LogP contribution in [0.5, 0.6) is 11.5 Å². The number of carbonyl (C=O) groups excluding carboxylic acids is 1. The van der Waals surface area contributed by atoms with Gasteiger partial charge in [0.05, 0.1) is 21.3 Å². The monoisotopic (exact) mass is 329 g/mol. The third-order valence-electron chi connectivity index (χ3n) is 3.85. The largest absolute Gasteiger partial charge is 0.493 e. The number of anilines is 1. The van der Waals surface area contributed by atoms with Crippen LogP contribution in [0.2, 0.25) is 0 Å². The minimum atomic E-state index is -0.00294. The number of quaternary nitrogens is 1. The number of likely N-dealkylation sites (N-methyl/N-ethyl adjacent to an activating group) is 1. The maximum atomic E-state index is 12.1. The molecule has 5 nitrogen and oxygen atoms in total. The lowest BCUT2D eigenvalue weighted by Gasteiger charge is -2.17. The summed E-state index contributed by atoms with van der Waals surface area (Å²) in [6.07, 6.45) is 0. The molecule has 0 radical (unpaired) electrons. The lowest BCUT2D eigenvalue weighted by atomic mass is 10.1. The second kappa shape index (κ2) is 8.36. The first-order chi connectivity index (χ1) is 11.5. The molecule has 0 aromatic heterocycles. The summed E-state index contributed by atoms with van der Waals surface area (Å²) in [4.78, 5) is 13.2. The molecule has 0 bridgehead atoms. The number of carbonyl (C=O) groups is 1. The molecule has 1 amide bonds. The summed E-state index contributed by atoms with van der Waals surface area (Å²) in [5.74, 6) is 1.43. The van der Waals surface area contributed by atoms with E-state index in [-0.39, 0.29) is 5.91 Å². The Bertz CT molecular complexity index is 687. The van der Waals surface area contributed by atoms with Crippen LogP contribution in [0.3, 0.4) is 0 Å². The van der Waals surface area contributed by atoms with Gasteiger partial charge in [0.25, 0.3) is 5.91 Å². The lowest BCUT2D eigenvalue weighted by molar-refractivity contribution is -0.885. The molecular weight excluding hydrogens is 304 g/mol. The molecule has 5 heteroatoms. The summed E-state index contributed by atoms with van der Waals surface area (Å²) in [7, 11) is 5.25. The lowest BCUT2D eigenvalue weighted by Crippen LogP contribution is -3.08. The summed E-state index contributed by atoms with van der Waals surface area (Å²) in [6.45, 7) is 3.16. The Kier molecular flexibility index (Phi) is 6.21. The minimum absolute atomic E-state index is 0.00294. The number of rotatable bonds is 7. The van der Waals surface area contributed by atoms with Gasteiger partial charge in [-0.2, -0.15) is 0 Å². The predicted molar refractivity (Wildman–Crippen MR) is 94.8 cm³/mol. The van der Waals surface area contributed by atoms with E-state index in [0.29, 0.717) is 12.3 Å². The van der Waals surface area contributed by atoms with Crippen LogP contribution in [0.1, 0.15) is 11.1 Å². The molecule has 2 N–H and O–H groups in total. The van der Waals surface area contributed by atoms with Crippen molar-refractivity contribution in [2.24, 2.45) is 0 Å². The van der Waals surface area contributed by atoms with Crippen LogP contribution in [-0.4, -0.2) is 33.7 Å². The van der Waals surface area contributed by atoms with Crippen LogP contribution in [0.15, 0.2) is 42.5 Å². The first-order valence-electron chi connectivity index (χ1n) is 7.91. The van der Waals surface area contributed by atoms with Gasteiger partial charge in [0, 0.05) is 11.3 Å². The van der Waals surface area contributed by atoms with Gasteiger partial charge in [-0.3, -0.25) is 4.79 Å². The average Bonchev–Trinajstić information content (AvgIpc) is 2.56. The quantitative estimate of drug-likeness (QED) is 0.812. The van der Waals surface area contributed by atoms with Crippen LogP contribution in [-0.2, 0) is 11.3 Å². The van der Waals surface area contributed by atoms with Crippen molar-refractivity contribution in [2.75, 3.05) is 33.1 Å². The first kappa shape index (κ1) is 17.8. The molecule has 0 aliphatic rings. The van der Waals surface area contributed by atoms with Crippen molar-refractivity contribution in [3.63, 3.8) is 0 Å². The molecular formula is C19H25N2O3+. The summed E-state index contributed by atoms with van der Waals surface area (Å²) < 4.78 is 10.7. The maximum Gasteiger partial charge on any atom is 0.279 e. The van der Waals surface area contributed by atoms with Gasteiger partial charge in [-0.1, -0.05) is 18.2 Å². The maximum absolute atomic E-state index is 12.1. The topological polar surface area (TPSA) is 52.0 Å². The van der Waals surface area contributed by atoms with Gasteiger partial charge >= 0.3 is 0 Å². The molecule has 1 atom stereocenters. The molecule has 2 aromatic rings. The second-order valence-electron chi connectivity index (χ2n) is 5.86. The van der Waals surface area contributed by atoms with E-state index < -0.39 is 0 Å². The number of para-hydroxylation sites is 1. The molecule has 1 unspecified atom stereocenters. The van der Waals surface area contributed by atoms with Crippen LogP contribution >= 0.6 is 0 Å². The van der Waals surface area contributed by atoms with Crippen LogP contribution in [0.25, 0.3) is 0 Å². The smallest absolute Gasteiger partial charge is 0.279 e. The van der Waals surface area contributed by atoms with Crippen molar-refractivity contribution in [1.29, 1.82) is 0 Å². The van der Waals surface area contributed by atoms with Gasteiger partial charge in [-0.15, -0.1) is 0 Å². The summed E-state index contributed by atoms with van der Waals surface area (Å²) in [5, 5.41) is 2.91. The Morgan fingerprint density at radius 1 is 1.08 bits per heavy atom. The molecule has 128 valence electrons. The van der Waals surface area contributed by atoms with Crippen molar-refractivity contribution < 1.29 is 19.2 Å². The molecule has 0 heterocycles. The van der Waals surface area contributed by atoms with Crippen LogP contribution in [0.4, 0.5) is 5.69 Å². The second-order valence-corrected chi connectivity index (χ2v) is 5.86. The van der Waals surface area contributed by atoms with Gasteiger partial charge in [0.1, 0.15) is 6.54 Å². The Labute approximate surface area is 143 Å². The third kappa shape index (κ3) is 4.73. The van der Waals surface area contributed by atoms with E-state index in [1.807, 2.05) is 56.4 Å². The number of benzene rings is 2. The molecule has 0 spiro atoms. The van der Waals surface area contributed by atoms with E-state index in [4.69, 9.17) is 9.47 Å². The summed E-state index contributed by atoms with van der Waals surface area (Å²) >= 11 is 0. The predicted octanol–water partition coefficient (Wildman–Crippen LogP) is 1.67. The highest BCUT2D eigenvalue weighted by Crippen LogP contribution is 2.29. The Hall–Kier alpha value is -2.53. The molecule has 0 saturated heterocycles. The van der Waals surface area contributed by atoms with Gasteiger partial charge in [0.2, 0.25) is 0 Å². The molecule has 2 rings (SSSR count). The SMILES string of the molecule is COc1cc(C)c(C[NH+](C)CC(=O)Nc2ccccc2)cc1OC. The van der Waals surface area contributed by atoms with Crippen molar-refractivity contribution in [3.05, 3.63) is 53.6 Å². The fourth-order valence-corrected chi connectivity index (χ4v) is 2.60. The molecule has 0 fully saturated rings. The number of aryl methyl sites for hydroxylation is 1. The van der Waals surface area contributed by atoms with Gasteiger partial charge in [-0.25, -0.2) is 0 Å². The van der Waals surface area contributed by atoms with Gasteiger partial charge in [-0.05, 0) is 36.8 Å². The van der Waals surface area contributed by atoms with E-state index in [1.165, 1.54) is 0 Å². The molecule has 0 aliphatic carbocycles. The fourth-order valence-electron chi connectivity index (χ4n) is 2.60. The number of methoxy groups -OCH3 is 2. The minimum Gasteiger partial charge on any atom is -0.493 e. The number of hydrogen-bond donors (Lipinski definition) is 2. The molecule has 24 heavy (non-hydrogen) atoms. The third-order valence-corrected chi connectivity index (χ3v) is 3.85. The van der Waals surface area contributed by atoms with E-state index in [9.17, 15) is 4.79 Å². The molecule has 0 saturated carbocycles. The Morgan fingerprint density at radius 3 is 2.33 bits per heavy atom. The molecule has 0 aliphatic heterocycles. The van der Waals surface area contributed by atoms with Crippen molar-refractivity contribution in [2.45, 2.75) is 13.5 Å². The first-order valence-corrected chi connectivity index (χ1v) is 7.91. The number of nitrogens with one attached hydrogen (secondary N) is 2.